The molecular weight excluding hydrogens is 576 g/mol. The van der Waals surface area contributed by atoms with Gasteiger partial charge < -0.3 is 14.2 Å². The van der Waals surface area contributed by atoms with Gasteiger partial charge in [-0.1, -0.05) is 45.5 Å². The molecule has 0 bridgehead atoms. The standard InChI is InChI=1S/C30H29BrN4O3S/c1-5-33(6-2)29(37)26-19(3)32-30-35(27(26)23-11-7-8-12-24(23)38-4)28(36)25(39-30)18-22-10-9-17-34(22)21-15-13-20(31)14-16-21/h7-18,27H,5-6H2,1-4H3/b25-18+/t27-/m0/s1. The SMILES string of the molecule is CCN(CC)C(=O)C1=C(C)N=c2s/c(=C/c3cccn3-c3ccc(Br)cc3)c(=O)n2[C@H]1c1ccccc1OC. The number of hydrogen-bond acceptors (Lipinski definition) is 5. The molecule has 0 unspecified atom stereocenters. The molecule has 0 radical (unpaired) electrons. The van der Waals surface area contributed by atoms with Crippen molar-refractivity contribution in [2.75, 3.05) is 20.2 Å². The zero-order valence-corrected chi connectivity index (χ0v) is 24.6. The summed E-state index contributed by atoms with van der Waals surface area (Å²) in [7, 11) is 1.60. The monoisotopic (exact) mass is 604 g/mol. The summed E-state index contributed by atoms with van der Waals surface area (Å²) in [5.41, 5.74) is 3.49. The molecule has 2 aromatic carbocycles. The minimum absolute atomic E-state index is 0.129. The lowest BCUT2D eigenvalue weighted by Crippen LogP contribution is -2.43. The van der Waals surface area contributed by atoms with Crippen molar-refractivity contribution in [2.24, 2.45) is 4.99 Å². The fourth-order valence-electron chi connectivity index (χ4n) is 4.95. The maximum atomic E-state index is 14.1. The molecule has 2 aromatic heterocycles. The normalized spacial score (nSPS) is 15.2. The van der Waals surface area contributed by atoms with Crippen LogP contribution in [0.4, 0.5) is 0 Å². The molecular formula is C30H29BrN4O3S. The number of thiazole rings is 1. The highest BCUT2D eigenvalue weighted by Gasteiger charge is 2.35. The first-order valence-electron chi connectivity index (χ1n) is 12.8. The second-order valence-corrected chi connectivity index (χ2v) is 11.0. The van der Waals surface area contributed by atoms with Gasteiger partial charge in [0.25, 0.3) is 11.5 Å². The topological polar surface area (TPSA) is 68.8 Å². The lowest BCUT2D eigenvalue weighted by Gasteiger charge is -2.29. The summed E-state index contributed by atoms with van der Waals surface area (Å²) in [5.74, 6) is 0.483. The highest BCUT2D eigenvalue weighted by molar-refractivity contribution is 9.10. The van der Waals surface area contributed by atoms with Crippen LogP contribution in [0.5, 0.6) is 5.75 Å². The Bertz CT molecular complexity index is 1740. The third-order valence-electron chi connectivity index (χ3n) is 6.90. The Labute approximate surface area is 239 Å². The number of rotatable bonds is 7. The smallest absolute Gasteiger partial charge is 0.271 e. The van der Waals surface area contributed by atoms with Gasteiger partial charge in [-0.15, -0.1) is 0 Å². The molecule has 0 fully saturated rings. The third-order valence-corrected chi connectivity index (χ3v) is 8.41. The number of para-hydroxylation sites is 1. The van der Waals surface area contributed by atoms with E-state index in [0.29, 0.717) is 39.4 Å². The lowest BCUT2D eigenvalue weighted by atomic mass is 9.94. The van der Waals surface area contributed by atoms with Gasteiger partial charge in [0.05, 0.1) is 22.9 Å². The number of carbonyl (C=O) groups excluding carboxylic acids is 1. The van der Waals surface area contributed by atoms with E-state index < -0.39 is 6.04 Å². The maximum absolute atomic E-state index is 14.1. The summed E-state index contributed by atoms with van der Waals surface area (Å²) in [6.45, 7) is 6.86. The number of likely N-dealkylation sites (N-methyl/N-ethyl adjacent to an activating group) is 1. The molecule has 1 aliphatic heterocycles. The van der Waals surface area contributed by atoms with E-state index in [1.165, 1.54) is 11.3 Å². The number of hydrogen-bond donors (Lipinski definition) is 0. The Kier molecular flexibility index (Phi) is 7.72. The number of nitrogens with zero attached hydrogens (tertiary/aromatic N) is 4. The molecule has 3 heterocycles. The van der Waals surface area contributed by atoms with Crippen LogP contribution in [-0.2, 0) is 4.79 Å². The van der Waals surface area contributed by atoms with Crippen LogP contribution >= 0.6 is 27.3 Å². The predicted octanol–water partition coefficient (Wildman–Crippen LogP) is 4.67. The Morgan fingerprint density at radius 2 is 1.82 bits per heavy atom. The van der Waals surface area contributed by atoms with Gasteiger partial charge in [-0.05, 0) is 69.3 Å². The van der Waals surface area contributed by atoms with Crippen LogP contribution in [-0.4, -0.2) is 40.1 Å². The second-order valence-electron chi connectivity index (χ2n) is 9.08. The maximum Gasteiger partial charge on any atom is 0.271 e. The fraction of sp³-hybridized carbons (Fsp3) is 0.233. The Morgan fingerprint density at radius 3 is 2.51 bits per heavy atom. The molecule has 39 heavy (non-hydrogen) atoms. The summed E-state index contributed by atoms with van der Waals surface area (Å²) in [4.78, 5) is 35.0. The van der Waals surface area contributed by atoms with E-state index in [4.69, 9.17) is 9.73 Å². The fourth-order valence-corrected chi connectivity index (χ4v) is 6.24. The van der Waals surface area contributed by atoms with Gasteiger partial charge >= 0.3 is 0 Å². The minimum atomic E-state index is -0.661. The van der Waals surface area contributed by atoms with Crippen molar-refractivity contribution in [1.82, 2.24) is 14.0 Å². The molecule has 7 nitrogen and oxygen atoms in total. The summed E-state index contributed by atoms with van der Waals surface area (Å²) in [6.07, 6.45) is 3.85. The van der Waals surface area contributed by atoms with Gasteiger partial charge in [-0.2, -0.15) is 0 Å². The highest BCUT2D eigenvalue weighted by atomic mass is 79.9. The predicted molar refractivity (Wildman–Crippen MR) is 158 cm³/mol. The number of methoxy groups -OCH3 is 1. The average Bonchev–Trinajstić information content (AvgIpc) is 3.53. The third kappa shape index (κ3) is 4.92. The van der Waals surface area contributed by atoms with E-state index in [-0.39, 0.29) is 11.5 Å². The molecule has 0 spiro atoms. The molecule has 0 saturated carbocycles. The van der Waals surface area contributed by atoms with E-state index >= 15 is 0 Å². The van der Waals surface area contributed by atoms with Crippen molar-refractivity contribution in [3.05, 3.63) is 114 Å². The molecule has 4 aromatic rings. The summed E-state index contributed by atoms with van der Waals surface area (Å²) >= 11 is 4.81. The van der Waals surface area contributed by atoms with Crippen LogP contribution in [0.2, 0.25) is 0 Å². The van der Waals surface area contributed by atoms with Gasteiger partial charge in [0.2, 0.25) is 0 Å². The van der Waals surface area contributed by atoms with Crippen molar-refractivity contribution in [3.63, 3.8) is 0 Å². The second kappa shape index (κ2) is 11.2. The van der Waals surface area contributed by atoms with E-state index in [1.54, 1.807) is 16.6 Å². The van der Waals surface area contributed by atoms with Crippen molar-refractivity contribution >= 4 is 39.2 Å². The molecule has 0 N–H and O–H groups in total. The van der Waals surface area contributed by atoms with E-state index in [0.717, 1.165) is 21.4 Å². The largest absolute Gasteiger partial charge is 0.496 e. The van der Waals surface area contributed by atoms with Crippen molar-refractivity contribution in [3.8, 4) is 11.4 Å². The van der Waals surface area contributed by atoms with Crippen LogP contribution in [0, 0.1) is 0 Å². The number of carbonyl (C=O) groups is 1. The van der Waals surface area contributed by atoms with Gasteiger partial charge in [0, 0.05) is 40.7 Å². The molecule has 0 aliphatic carbocycles. The number of allylic oxidation sites excluding steroid dienone is 1. The number of amides is 1. The number of fused-ring (bicyclic) bond motifs is 1. The Balaban J connectivity index is 1.72. The summed E-state index contributed by atoms with van der Waals surface area (Å²) in [6, 6.07) is 18.8. The summed E-state index contributed by atoms with van der Waals surface area (Å²) < 4.78 is 10.9. The number of benzene rings is 2. The number of ether oxygens (including phenoxy) is 1. The molecule has 1 atom stereocenters. The van der Waals surface area contributed by atoms with Crippen LogP contribution in [0.3, 0.4) is 0 Å². The quantitative estimate of drug-likeness (QED) is 0.308. The lowest BCUT2D eigenvalue weighted by molar-refractivity contribution is -0.127. The van der Waals surface area contributed by atoms with Gasteiger partial charge in [-0.3, -0.25) is 14.2 Å². The number of aromatic nitrogens is 2. The number of halogens is 1. The zero-order chi connectivity index (χ0) is 27.7. The molecule has 200 valence electrons. The van der Waals surface area contributed by atoms with Crippen molar-refractivity contribution in [2.45, 2.75) is 26.8 Å². The summed E-state index contributed by atoms with van der Waals surface area (Å²) in [5, 5.41) is 0. The van der Waals surface area contributed by atoms with Crippen LogP contribution in [0.25, 0.3) is 11.8 Å². The van der Waals surface area contributed by atoms with Gasteiger partial charge in [-0.25, -0.2) is 4.99 Å². The van der Waals surface area contributed by atoms with E-state index in [1.807, 2.05) is 98.3 Å². The zero-order valence-electron chi connectivity index (χ0n) is 22.2. The first-order chi connectivity index (χ1) is 18.9. The molecule has 1 aliphatic rings. The van der Waals surface area contributed by atoms with E-state index in [2.05, 4.69) is 15.9 Å². The van der Waals surface area contributed by atoms with Crippen LogP contribution in [0.15, 0.2) is 92.4 Å². The first kappa shape index (κ1) is 26.9. The molecule has 5 rings (SSSR count). The van der Waals surface area contributed by atoms with Crippen LogP contribution < -0.4 is 19.6 Å². The average molecular weight is 606 g/mol. The van der Waals surface area contributed by atoms with Crippen molar-refractivity contribution in [1.29, 1.82) is 0 Å². The van der Waals surface area contributed by atoms with Crippen LogP contribution in [0.1, 0.15) is 38.1 Å². The molecule has 1 amide bonds. The Morgan fingerprint density at radius 1 is 1.10 bits per heavy atom. The van der Waals surface area contributed by atoms with Gasteiger partial charge in [0.1, 0.15) is 11.8 Å². The minimum Gasteiger partial charge on any atom is -0.496 e. The molecule has 9 heteroatoms. The van der Waals surface area contributed by atoms with Crippen molar-refractivity contribution < 1.29 is 9.53 Å². The Hall–Kier alpha value is -3.69. The highest BCUT2D eigenvalue weighted by Crippen LogP contribution is 2.36. The van der Waals surface area contributed by atoms with Gasteiger partial charge in [0.15, 0.2) is 4.80 Å². The van der Waals surface area contributed by atoms with E-state index in [9.17, 15) is 9.59 Å². The first-order valence-corrected chi connectivity index (χ1v) is 14.4. The molecule has 0 saturated heterocycles.